The van der Waals surface area contributed by atoms with Gasteiger partial charge in [-0.05, 0) is 58.5 Å². The molecule has 1 nitrogen and oxygen atoms in total. The van der Waals surface area contributed by atoms with Gasteiger partial charge < -0.3 is 4.81 Å². The van der Waals surface area contributed by atoms with Crippen molar-refractivity contribution < 1.29 is 0 Å². The molecular weight excluding hydrogens is 253 g/mol. The van der Waals surface area contributed by atoms with Crippen LogP contribution in [0.25, 0.3) is 6.08 Å². The molecule has 21 heavy (non-hydrogen) atoms. The summed E-state index contributed by atoms with van der Waals surface area (Å²) in [5.74, 6) is 0. The summed E-state index contributed by atoms with van der Waals surface area (Å²) < 4.78 is 0. The number of nitrogens with zero attached hydrogens (tertiary/aromatic N) is 1. The second-order valence-corrected chi connectivity index (χ2v) is 5.88. The zero-order valence-corrected chi connectivity index (χ0v) is 11.7. The van der Waals surface area contributed by atoms with Crippen LogP contribution in [-0.2, 0) is 6.42 Å². The van der Waals surface area contributed by atoms with E-state index >= 15 is 0 Å². The molecule has 2 aromatic rings. The summed E-state index contributed by atoms with van der Waals surface area (Å²) in [4.78, 5) is 2.41. The van der Waals surface area contributed by atoms with Crippen LogP contribution in [0.15, 0.2) is 72.6 Å². The van der Waals surface area contributed by atoms with Gasteiger partial charge in [0, 0.05) is 5.70 Å². The van der Waals surface area contributed by atoms with Crippen LogP contribution in [-0.4, -0.2) is 11.7 Å². The Hall–Kier alpha value is -2.48. The average molecular weight is 267 g/mol. The third kappa shape index (κ3) is 1.47. The third-order valence-corrected chi connectivity index (χ3v) is 4.74. The molecule has 2 heteroatoms. The largest absolute Gasteiger partial charge is 0.383 e. The molecule has 98 valence electrons. The lowest BCUT2D eigenvalue weighted by molar-refractivity contribution is 0.744. The minimum atomic E-state index is 0.322. The van der Waals surface area contributed by atoms with E-state index < -0.39 is 0 Å². The van der Waals surface area contributed by atoms with E-state index in [1.807, 2.05) is 0 Å². The molecule has 0 amide bonds. The van der Waals surface area contributed by atoms with Crippen molar-refractivity contribution in [2.75, 3.05) is 0 Å². The lowest BCUT2D eigenvalue weighted by Crippen LogP contribution is -2.60. The minimum absolute atomic E-state index is 0.322. The van der Waals surface area contributed by atoms with Gasteiger partial charge in [-0.1, -0.05) is 48.5 Å². The topological polar surface area (TPSA) is 3.24 Å². The average Bonchev–Trinajstić information content (AvgIpc) is 2.54. The zero-order valence-electron chi connectivity index (χ0n) is 11.7. The number of rotatable bonds is 0. The first kappa shape index (κ1) is 11.2. The van der Waals surface area contributed by atoms with Gasteiger partial charge in [0.2, 0.25) is 0 Å². The van der Waals surface area contributed by atoms with Crippen LogP contribution < -0.4 is 10.9 Å². The van der Waals surface area contributed by atoms with E-state index in [4.69, 9.17) is 0 Å². The number of benzene rings is 2. The number of hydrogen-bond acceptors (Lipinski definition) is 1. The van der Waals surface area contributed by atoms with Crippen molar-refractivity contribution in [1.82, 2.24) is 4.81 Å². The van der Waals surface area contributed by atoms with Crippen LogP contribution in [0.2, 0.25) is 0 Å². The summed E-state index contributed by atoms with van der Waals surface area (Å²) in [7, 11) is 0. The molecule has 3 aliphatic heterocycles. The van der Waals surface area contributed by atoms with Gasteiger partial charge in [0.05, 0.1) is 0 Å². The van der Waals surface area contributed by atoms with Crippen LogP contribution >= 0.6 is 0 Å². The van der Waals surface area contributed by atoms with Gasteiger partial charge in [-0.3, -0.25) is 0 Å². The van der Waals surface area contributed by atoms with E-state index in [-0.39, 0.29) is 0 Å². The Morgan fingerprint density at radius 2 is 1.81 bits per heavy atom. The van der Waals surface area contributed by atoms with Crippen molar-refractivity contribution in [2.24, 2.45) is 0 Å². The van der Waals surface area contributed by atoms with Crippen LogP contribution in [0.1, 0.15) is 16.7 Å². The number of fused-ring (bicyclic) bond motifs is 4. The summed E-state index contributed by atoms with van der Waals surface area (Å²) in [6, 6.07) is 15.6. The maximum atomic E-state index is 2.41. The monoisotopic (exact) mass is 267 g/mol. The normalized spacial score (nSPS) is 17.0. The predicted octanol–water partition coefficient (Wildman–Crippen LogP) is 2.44. The molecule has 0 radical (unpaired) electrons. The highest BCUT2D eigenvalue weighted by Gasteiger charge is 2.38. The molecular formula is C19H14BN. The van der Waals surface area contributed by atoms with Crippen LogP contribution in [0, 0.1) is 0 Å². The zero-order chi connectivity index (χ0) is 13.8. The van der Waals surface area contributed by atoms with Gasteiger partial charge >= 0.3 is 6.85 Å². The van der Waals surface area contributed by atoms with Crippen LogP contribution in [0.3, 0.4) is 0 Å². The molecule has 0 bridgehead atoms. The maximum Gasteiger partial charge on any atom is 0.328 e. The van der Waals surface area contributed by atoms with Gasteiger partial charge in [0.15, 0.2) is 0 Å². The molecule has 0 aliphatic carbocycles. The second kappa shape index (κ2) is 4.01. The molecule has 0 saturated carbocycles. The van der Waals surface area contributed by atoms with Crippen molar-refractivity contribution in [2.45, 2.75) is 6.42 Å². The Kier molecular flexibility index (Phi) is 2.14. The third-order valence-electron chi connectivity index (χ3n) is 4.74. The first-order valence-electron chi connectivity index (χ1n) is 7.46. The highest BCUT2D eigenvalue weighted by Crippen LogP contribution is 2.27. The molecule has 2 aromatic carbocycles. The lowest BCUT2D eigenvalue weighted by atomic mass is 9.42. The van der Waals surface area contributed by atoms with Gasteiger partial charge in [-0.15, -0.1) is 0 Å². The Morgan fingerprint density at radius 1 is 0.905 bits per heavy atom. The Bertz CT molecular complexity index is 844. The van der Waals surface area contributed by atoms with E-state index in [2.05, 4.69) is 77.8 Å². The van der Waals surface area contributed by atoms with Crippen molar-refractivity contribution in [3.63, 3.8) is 0 Å². The molecule has 0 spiro atoms. The van der Waals surface area contributed by atoms with E-state index in [0.29, 0.717) is 6.85 Å². The Morgan fingerprint density at radius 3 is 2.81 bits per heavy atom. The molecule has 0 fully saturated rings. The first-order valence-corrected chi connectivity index (χ1v) is 7.46. The van der Waals surface area contributed by atoms with E-state index in [9.17, 15) is 0 Å². The molecule has 3 aliphatic rings. The van der Waals surface area contributed by atoms with Gasteiger partial charge in [0.1, 0.15) is 0 Å². The fourth-order valence-electron chi connectivity index (χ4n) is 3.84. The van der Waals surface area contributed by atoms with Crippen molar-refractivity contribution >= 4 is 23.8 Å². The van der Waals surface area contributed by atoms with Crippen molar-refractivity contribution in [1.29, 1.82) is 0 Å². The highest BCUT2D eigenvalue weighted by atomic mass is 15.1. The second-order valence-electron chi connectivity index (χ2n) is 5.88. The smallest absolute Gasteiger partial charge is 0.328 e. The van der Waals surface area contributed by atoms with Crippen molar-refractivity contribution in [3.8, 4) is 0 Å². The molecule has 0 atom stereocenters. The molecule has 3 heterocycles. The van der Waals surface area contributed by atoms with E-state index in [0.717, 1.165) is 6.42 Å². The molecule has 5 rings (SSSR count). The fraction of sp³-hybridized carbons (Fsp3) is 0.0526. The first-order chi connectivity index (χ1) is 10.4. The lowest BCUT2D eigenvalue weighted by Gasteiger charge is -2.39. The Labute approximate surface area is 125 Å². The highest BCUT2D eigenvalue weighted by molar-refractivity contribution is 6.85. The van der Waals surface area contributed by atoms with E-state index in [1.165, 1.54) is 33.3 Å². The van der Waals surface area contributed by atoms with Gasteiger partial charge in [-0.2, -0.15) is 0 Å². The van der Waals surface area contributed by atoms with Crippen molar-refractivity contribution in [3.05, 3.63) is 89.3 Å². The summed E-state index contributed by atoms with van der Waals surface area (Å²) >= 11 is 0. The predicted molar refractivity (Wildman–Crippen MR) is 88.8 cm³/mol. The summed E-state index contributed by atoms with van der Waals surface area (Å²) in [5.41, 5.74) is 8.51. The van der Waals surface area contributed by atoms with Gasteiger partial charge in [-0.25, -0.2) is 0 Å². The summed E-state index contributed by atoms with van der Waals surface area (Å²) in [6.45, 7) is 0.322. The number of allylic oxidation sites excluding steroid dienone is 3. The standard InChI is InChI=1S/C19H14BN/c1-2-10-18-14(6-1)12-15-7-5-8-16-13-17-9-3-4-11-21(17)20(18)19(15)16/h1-11,13H,12H2. The maximum absolute atomic E-state index is 2.41. The number of hydrogen-bond donors (Lipinski definition) is 0. The van der Waals surface area contributed by atoms with Crippen LogP contribution in [0.4, 0.5) is 0 Å². The summed E-state index contributed by atoms with van der Waals surface area (Å²) in [5, 5.41) is 0. The van der Waals surface area contributed by atoms with Gasteiger partial charge in [0.25, 0.3) is 0 Å². The molecule has 0 N–H and O–H groups in total. The molecule has 0 saturated heterocycles. The SMILES string of the molecule is C1=CC2=Cc3cccc4c3B(c3ccccc3C4)N2C=C1. The van der Waals surface area contributed by atoms with Crippen LogP contribution in [0.5, 0.6) is 0 Å². The molecule has 0 aromatic heterocycles. The molecule has 0 unspecified atom stereocenters. The summed E-state index contributed by atoms with van der Waals surface area (Å²) in [6.07, 6.45) is 12.0. The minimum Gasteiger partial charge on any atom is -0.383 e. The fourth-order valence-corrected chi connectivity index (χ4v) is 3.84. The quantitative estimate of drug-likeness (QED) is 0.663. The Balaban J connectivity index is 1.85. The van der Waals surface area contributed by atoms with E-state index in [1.54, 1.807) is 0 Å².